The molecule has 92 valence electrons. The van der Waals surface area contributed by atoms with Crippen molar-refractivity contribution < 1.29 is 4.74 Å². The average molecular weight is 232 g/mol. The number of rotatable bonds is 4. The predicted octanol–water partition coefficient (Wildman–Crippen LogP) is 2.60. The van der Waals surface area contributed by atoms with Crippen LogP contribution in [0.15, 0.2) is 18.2 Å². The molecule has 0 fully saturated rings. The molecule has 0 amide bonds. The van der Waals surface area contributed by atoms with Crippen molar-refractivity contribution in [1.82, 2.24) is 9.88 Å². The fourth-order valence-corrected chi connectivity index (χ4v) is 2.23. The van der Waals surface area contributed by atoms with Crippen LogP contribution in [0.25, 0.3) is 10.9 Å². The number of aryl methyl sites for hydroxylation is 1. The van der Waals surface area contributed by atoms with E-state index in [1.54, 1.807) is 7.11 Å². The lowest BCUT2D eigenvalue weighted by atomic mass is 10.1. The molecule has 2 aromatic rings. The zero-order valence-corrected chi connectivity index (χ0v) is 11.0. The molecule has 0 radical (unpaired) electrons. The molecule has 0 aliphatic heterocycles. The number of benzene rings is 1. The number of hydrogen-bond acceptors (Lipinski definition) is 2. The molecular weight excluding hydrogens is 212 g/mol. The van der Waals surface area contributed by atoms with Crippen molar-refractivity contribution in [2.24, 2.45) is 7.05 Å². The molecule has 1 heterocycles. The summed E-state index contributed by atoms with van der Waals surface area (Å²) in [7, 11) is 3.82. The van der Waals surface area contributed by atoms with Crippen molar-refractivity contribution in [1.29, 1.82) is 0 Å². The highest BCUT2D eigenvalue weighted by atomic mass is 16.5. The van der Waals surface area contributed by atoms with E-state index >= 15 is 0 Å². The standard InChI is InChI=1S/C14H20N2O/c1-5-15-9-13-10(2)16(3)14-7-6-11(17-4)8-12(13)14/h6-8,15H,5,9H2,1-4H3. The zero-order valence-electron chi connectivity index (χ0n) is 11.0. The summed E-state index contributed by atoms with van der Waals surface area (Å²) >= 11 is 0. The molecule has 0 saturated heterocycles. The minimum absolute atomic E-state index is 0.910. The first kappa shape index (κ1) is 12.0. The van der Waals surface area contributed by atoms with Crippen LogP contribution in [-0.2, 0) is 13.6 Å². The van der Waals surface area contributed by atoms with Gasteiger partial charge in [0.25, 0.3) is 0 Å². The predicted molar refractivity (Wildman–Crippen MR) is 71.6 cm³/mol. The van der Waals surface area contributed by atoms with Gasteiger partial charge in [0.2, 0.25) is 0 Å². The normalized spacial score (nSPS) is 11.1. The molecule has 1 N–H and O–H groups in total. The quantitative estimate of drug-likeness (QED) is 0.877. The Morgan fingerprint density at radius 1 is 1.35 bits per heavy atom. The van der Waals surface area contributed by atoms with Gasteiger partial charge in [-0.3, -0.25) is 0 Å². The van der Waals surface area contributed by atoms with E-state index in [0.29, 0.717) is 0 Å². The molecule has 0 spiro atoms. The summed E-state index contributed by atoms with van der Waals surface area (Å²) in [5.41, 5.74) is 3.94. The highest BCUT2D eigenvalue weighted by Gasteiger charge is 2.11. The number of nitrogens with zero attached hydrogens (tertiary/aromatic N) is 1. The van der Waals surface area contributed by atoms with Gasteiger partial charge in [-0.25, -0.2) is 0 Å². The molecule has 1 aromatic carbocycles. The summed E-state index contributed by atoms with van der Waals surface area (Å²) in [6.07, 6.45) is 0. The molecule has 0 unspecified atom stereocenters. The van der Waals surface area contributed by atoms with Crippen molar-refractivity contribution in [3.05, 3.63) is 29.5 Å². The van der Waals surface area contributed by atoms with Crippen LogP contribution in [0.1, 0.15) is 18.2 Å². The van der Waals surface area contributed by atoms with Crippen molar-refractivity contribution in [2.45, 2.75) is 20.4 Å². The van der Waals surface area contributed by atoms with E-state index in [-0.39, 0.29) is 0 Å². The molecular formula is C14H20N2O. The minimum Gasteiger partial charge on any atom is -0.497 e. The van der Waals surface area contributed by atoms with Gasteiger partial charge in [0.1, 0.15) is 5.75 Å². The van der Waals surface area contributed by atoms with E-state index in [1.807, 2.05) is 6.07 Å². The van der Waals surface area contributed by atoms with Gasteiger partial charge in [0.05, 0.1) is 7.11 Å². The van der Waals surface area contributed by atoms with Crippen molar-refractivity contribution in [3.63, 3.8) is 0 Å². The van der Waals surface area contributed by atoms with Crippen LogP contribution in [0, 0.1) is 6.92 Å². The first-order valence-corrected chi connectivity index (χ1v) is 6.01. The Bertz CT molecular complexity index is 528. The maximum Gasteiger partial charge on any atom is 0.119 e. The van der Waals surface area contributed by atoms with Crippen molar-refractivity contribution >= 4 is 10.9 Å². The van der Waals surface area contributed by atoms with Crippen LogP contribution in [0.3, 0.4) is 0 Å². The van der Waals surface area contributed by atoms with Gasteiger partial charge in [-0.1, -0.05) is 6.92 Å². The van der Waals surface area contributed by atoms with E-state index in [2.05, 4.69) is 42.9 Å². The van der Waals surface area contributed by atoms with E-state index in [1.165, 1.54) is 22.2 Å². The molecule has 2 rings (SSSR count). The first-order valence-electron chi connectivity index (χ1n) is 6.01. The molecule has 1 aromatic heterocycles. The van der Waals surface area contributed by atoms with Crippen LogP contribution < -0.4 is 10.1 Å². The molecule has 17 heavy (non-hydrogen) atoms. The fraction of sp³-hybridized carbons (Fsp3) is 0.429. The fourth-order valence-electron chi connectivity index (χ4n) is 2.23. The Morgan fingerprint density at radius 3 is 2.76 bits per heavy atom. The van der Waals surface area contributed by atoms with Crippen LogP contribution in [-0.4, -0.2) is 18.2 Å². The first-order chi connectivity index (χ1) is 8.19. The van der Waals surface area contributed by atoms with Gasteiger partial charge < -0.3 is 14.6 Å². The molecule has 0 bridgehead atoms. The highest BCUT2D eigenvalue weighted by molar-refractivity contribution is 5.86. The molecule has 3 heteroatoms. The molecule has 0 aliphatic rings. The maximum absolute atomic E-state index is 5.30. The monoisotopic (exact) mass is 232 g/mol. The van der Waals surface area contributed by atoms with Gasteiger partial charge >= 0.3 is 0 Å². The van der Waals surface area contributed by atoms with Crippen LogP contribution in [0.2, 0.25) is 0 Å². The third-order valence-corrected chi connectivity index (χ3v) is 3.38. The van der Waals surface area contributed by atoms with E-state index in [9.17, 15) is 0 Å². The SMILES string of the molecule is CCNCc1c(C)n(C)c2ccc(OC)cc12. The number of methoxy groups -OCH3 is 1. The number of aromatic nitrogens is 1. The molecule has 3 nitrogen and oxygen atoms in total. The smallest absolute Gasteiger partial charge is 0.119 e. The number of fused-ring (bicyclic) bond motifs is 1. The Kier molecular flexibility index (Phi) is 3.38. The van der Waals surface area contributed by atoms with Crippen LogP contribution in [0.4, 0.5) is 0 Å². The number of hydrogen-bond donors (Lipinski definition) is 1. The summed E-state index contributed by atoms with van der Waals surface area (Å²) in [5, 5.41) is 4.68. The van der Waals surface area contributed by atoms with Gasteiger partial charge in [-0.05, 0) is 37.2 Å². The third kappa shape index (κ3) is 2.03. The van der Waals surface area contributed by atoms with E-state index in [0.717, 1.165) is 18.8 Å². The summed E-state index contributed by atoms with van der Waals surface area (Å²) in [5.74, 6) is 0.917. The Balaban J connectivity index is 2.58. The van der Waals surface area contributed by atoms with Crippen LogP contribution >= 0.6 is 0 Å². The van der Waals surface area contributed by atoms with Crippen molar-refractivity contribution in [2.75, 3.05) is 13.7 Å². The largest absolute Gasteiger partial charge is 0.497 e. The summed E-state index contributed by atoms with van der Waals surface area (Å²) < 4.78 is 7.54. The minimum atomic E-state index is 0.910. The van der Waals surface area contributed by atoms with Crippen molar-refractivity contribution in [3.8, 4) is 5.75 Å². The highest BCUT2D eigenvalue weighted by Crippen LogP contribution is 2.28. The number of nitrogens with one attached hydrogen (secondary N) is 1. The topological polar surface area (TPSA) is 26.2 Å². The number of ether oxygens (including phenoxy) is 1. The lowest BCUT2D eigenvalue weighted by molar-refractivity contribution is 0.415. The second kappa shape index (κ2) is 4.80. The molecule has 0 atom stereocenters. The zero-order chi connectivity index (χ0) is 12.4. The molecule has 0 saturated carbocycles. The lowest BCUT2D eigenvalue weighted by Crippen LogP contribution is -2.12. The average Bonchev–Trinajstić information content (AvgIpc) is 2.59. The second-order valence-electron chi connectivity index (χ2n) is 4.29. The summed E-state index contributed by atoms with van der Waals surface area (Å²) in [6.45, 7) is 6.19. The molecule has 0 aliphatic carbocycles. The third-order valence-electron chi connectivity index (χ3n) is 3.38. The van der Waals surface area contributed by atoms with E-state index in [4.69, 9.17) is 4.74 Å². The lowest BCUT2D eigenvalue weighted by Gasteiger charge is -2.03. The van der Waals surface area contributed by atoms with Crippen LogP contribution in [0.5, 0.6) is 5.75 Å². The van der Waals surface area contributed by atoms with Gasteiger partial charge in [0, 0.05) is 30.2 Å². The summed E-state index contributed by atoms with van der Waals surface area (Å²) in [6, 6.07) is 6.25. The Hall–Kier alpha value is -1.48. The summed E-state index contributed by atoms with van der Waals surface area (Å²) in [4.78, 5) is 0. The Labute approximate surface area is 102 Å². The maximum atomic E-state index is 5.30. The Morgan fingerprint density at radius 2 is 2.12 bits per heavy atom. The van der Waals surface area contributed by atoms with Gasteiger partial charge in [0.15, 0.2) is 0 Å². The van der Waals surface area contributed by atoms with E-state index < -0.39 is 0 Å². The second-order valence-corrected chi connectivity index (χ2v) is 4.29. The van der Waals surface area contributed by atoms with Gasteiger partial charge in [-0.2, -0.15) is 0 Å². The van der Waals surface area contributed by atoms with Gasteiger partial charge in [-0.15, -0.1) is 0 Å².